The van der Waals surface area contributed by atoms with Gasteiger partial charge >= 0.3 is 0 Å². The van der Waals surface area contributed by atoms with Crippen molar-refractivity contribution >= 4 is 50.7 Å². The lowest BCUT2D eigenvalue weighted by Crippen LogP contribution is -2.52. The molecule has 4 bridgehead atoms. The number of carbonyl (C=O) groups excluding carboxylic acids is 2. The van der Waals surface area contributed by atoms with Gasteiger partial charge in [0.05, 0.1) is 11.9 Å². The lowest BCUT2D eigenvalue weighted by Gasteiger charge is -2.57. The molecular formula is C33H43Cl2N3O4S. The first kappa shape index (κ1) is 32.1. The number of hydrogen-bond donors (Lipinski definition) is 1. The van der Waals surface area contributed by atoms with Crippen LogP contribution < -0.4 is 9.62 Å². The van der Waals surface area contributed by atoms with Gasteiger partial charge in [-0.25, -0.2) is 8.42 Å². The van der Waals surface area contributed by atoms with Gasteiger partial charge in [-0.05, 0) is 117 Å². The van der Waals surface area contributed by atoms with Crippen LogP contribution in [0.2, 0.25) is 10.0 Å². The zero-order valence-electron chi connectivity index (χ0n) is 25.5. The van der Waals surface area contributed by atoms with Crippen LogP contribution >= 0.6 is 23.2 Å². The summed E-state index contributed by atoms with van der Waals surface area (Å²) in [6.07, 6.45) is 9.54. The first-order valence-corrected chi connectivity index (χ1v) is 18.0. The van der Waals surface area contributed by atoms with Gasteiger partial charge in [0.1, 0.15) is 12.6 Å². The Morgan fingerprint density at radius 3 is 2.07 bits per heavy atom. The number of rotatable bonds is 11. The highest BCUT2D eigenvalue weighted by atomic mass is 35.5. The zero-order valence-corrected chi connectivity index (χ0v) is 27.8. The summed E-state index contributed by atoms with van der Waals surface area (Å²) in [7, 11) is -3.82. The lowest BCUT2D eigenvalue weighted by molar-refractivity contribution is -0.139. The lowest BCUT2D eigenvalue weighted by atomic mass is 9.48. The van der Waals surface area contributed by atoms with E-state index in [-0.39, 0.29) is 23.9 Å². The number of nitrogens with zero attached hydrogens (tertiary/aromatic N) is 2. The minimum absolute atomic E-state index is 0.0203. The van der Waals surface area contributed by atoms with E-state index >= 15 is 0 Å². The fraction of sp³-hybridized carbons (Fsp3) is 0.576. The third kappa shape index (κ3) is 7.02. The number of anilines is 1. The summed E-state index contributed by atoms with van der Waals surface area (Å²) < 4.78 is 27.3. The van der Waals surface area contributed by atoms with Crippen molar-refractivity contribution in [1.29, 1.82) is 0 Å². The SMILES string of the molecule is CCC(C)NC(=O)C(C)N(Cc1ccc(Cl)cc1Cl)C(=O)CN(c1ccc(C23CC4CC(CC(C4)C2)C3)cc1)S(C)(=O)=O. The summed E-state index contributed by atoms with van der Waals surface area (Å²) in [6, 6.07) is 11.8. The molecule has 2 aromatic carbocycles. The zero-order chi connectivity index (χ0) is 31.1. The summed E-state index contributed by atoms with van der Waals surface area (Å²) in [4.78, 5) is 28.5. The van der Waals surface area contributed by atoms with Crippen LogP contribution in [0.3, 0.4) is 0 Å². The predicted octanol–water partition coefficient (Wildman–Crippen LogP) is 6.56. The van der Waals surface area contributed by atoms with Crippen LogP contribution in [0.4, 0.5) is 5.69 Å². The van der Waals surface area contributed by atoms with E-state index < -0.39 is 28.5 Å². The molecule has 43 heavy (non-hydrogen) atoms. The molecule has 2 aromatic rings. The second kappa shape index (κ2) is 12.6. The molecule has 0 spiro atoms. The third-order valence-corrected chi connectivity index (χ3v) is 11.7. The average Bonchev–Trinajstić information content (AvgIpc) is 2.93. The average molecular weight is 649 g/mol. The fourth-order valence-corrected chi connectivity index (χ4v) is 9.26. The molecule has 0 radical (unpaired) electrons. The molecule has 2 amide bonds. The number of hydrogen-bond acceptors (Lipinski definition) is 4. The van der Waals surface area contributed by atoms with Crippen molar-refractivity contribution in [3.8, 4) is 0 Å². The van der Waals surface area contributed by atoms with E-state index in [1.165, 1.54) is 49.0 Å². The maximum atomic E-state index is 13.9. The summed E-state index contributed by atoms with van der Waals surface area (Å²) in [5, 5.41) is 3.75. The van der Waals surface area contributed by atoms with Crippen molar-refractivity contribution in [2.75, 3.05) is 17.1 Å². The molecule has 10 heteroatoms. The van der Waals surface area contributed by atoms with Gasteiger partial charge in [0.2, 0.25) is 21.8 Å². The van der Waals surface area contributed by atoms with E-state index in [4.69, 9.17) is 23.2 Å². The van der Waals surface area contributed by atoms with Crippen molar-refractivity contribution in [3.05, 3.63) is 63.6 Å². The minimum atomic E-state index is -3.82. The Labute approximate surface area is 266 Å². The first-order chi connectivity index (χ1) is 20.3. The Hall–Kier alpha value is -2.29. The van der Waals surface area contributed by atoms with Gasteiger partial charge < -0.3 is 10.2 Å². The molecular weight excluding hydrogens is 605 g/mol. The largest absolute Gasteiger partial charge is 0.352 e. The fourth-order valence-electron chi connectivity index (χ4n) is 7.94. The monoisotopic (exact) mass is 647 g/mol. The molecule has 2 atom stereocenters. The van der Waals surface area contributed by atoms with Crippen molar-refractivity contribution in [2.24, 2.45) is 17.8 Å². The van der Waals surface area contributed by atoms with Crippen LogP contribution in [0, 0.1) is 17.8 Å². The summed E-state index contributed by atoms with van der Waals surface area (Å²) >= 11 is 12.5. The van der Waals surface area contributed by atoms with Crippen molar-refractivity contribution in [2.45, 2.75) is 89.8 Å². The second-order valence-corrected chi connectivity index (χ2v) is 16.0. The molecule has 4 aliphatic carbocycles. The first-order valence-electron chi connectivity index (χ1n) is 15.4. The molecule has 0 aromatic heterocycles. The van der Waals surface area contributed by atoms with E-state index in [1.807, 2.05) is 26.0 Å². The summed E-state index contributed by atoms with van der Waals surface area (Å²) in [5.41, 5.74) is 2.51. The van der Waals surface area contributed by atoms with E-state index in [0.29, 0.717) is 21.3 Å². The van der Waals surface area contributed by atoms with Crippen LogP contribution in [0.15, 0.2) is 42.5 Å². The normalized spacial score (nSPS) is 25.7. The number of benzene rings is 2. The van der Waals surface area contributed by atoms with Crippen LogP contribution in [0.1, 0.15) is 76.8 Å². The Kier molecular flexibility index (Phi) is 9.41. The molecule has 2 unspecified atom stereocenters. The van der Waals surface area contributed by atoms with Gasteiger partial charge in [-0.1, -0.05) is 48.3 Å². The smallest absolute Gasteiger partial charge is 0.244 e. The maximum Gasteiger partial charge on any atom is 0.244 e. The van der Waals surface area contributed by atoms with Crippen LogP contribution in [0.5, 0.6) is 0 Å². The highest BCUT2D eigenvalue weighted by molar-refractivity contribution is 7.92. The molecule has 4 fully saturated rings. The van der Waals surface area contributed by atoms with Crippen LogP contribution in [0.25, 0.3) is 0 Å². The Morgan fingerprint density at radius 2 is 1.56 bits per heavy atom. The molecule has 0 saturated heterocycles. The molecule has 0 heterocycles. The molecule has 1 N–H and O–H groups in total. The van der Waals surface area contributed by atoms with Crippen LogP contribution in [-0.4, -0.2) is 50.0 Å². The van der Waals surface area contributed by atoms with Gasteiger partial charge in [0, 0.05) is 22.6 Å². The van der Waals surface area contributed by atoms with E-state index in [0.717, 1.165) is 34.7 Å². The van der Waals surface area contributed by atoms with E-state index in [1.54, 1.807) is 25.1 Å². The third-order valence-electron chi connectivity index (χ3n) is 10.0. The predicted molar refractivity (Wildman–Crippen MR) is 173 cm³/mol. The van der Waals surface area contributed by atoms with Gasteiger partial charge in [-0.3, -0.25) is 13.9 Å². The van der Waals surface area contributed by atoms with E-state index in [9.17, 15) is 18.0 Å². The van der Waals surface area contributed by atoms with Gasteiger partial charge in [-0.2, -0.15) is 0 Å². The molecule has 234 valence electrons. The number of carbonyl (C=O) groups is 2. The Balaban J connectivity index is 1.40. The highest BCUT2D eigenvalue weighted by Crippen LogP contribution is 2.60. The number of nitrogens with one attached hydrogen (secondary N) is 1. The van der Waals surface area contributed by atoms with Crippen molar-refractivity contribution in [1.82, 2.24) is 10.2 Å². The highest BCUT2D eigenvalue weighted by Gasteiger charge is 2.51. The van der Waals surface area contributed by atoms with Gasteiger partial charge in [-0.15, -0.1) is 0 Å². The molecule has 4 aliphatic rings. The molecule has 6 rings (SSSR count). The Bertz CT molecular complexity index is 1430. The van der Waals surface area contributed by atoms with Gasteiger partial charge in [0.15, 0.2) is 0 Å². The topological polar surface area (TPSA) is 86.8 Å². The number of halogens is 2. The maximum absolute atomic E-state index is 13.9. The molecule has 0 aliphatic heterocycles. The summed E-state index contributed by atoms with van der Waals surface area (Å²) in [6.45, 7) is 5.08. The van der Waals surface area contributed by atoms with Crippen molar-refractivity contribution in [3.63, 3.8) is 0 Å². The molecule has 7 nitrogen and oxygen atoms in total. The minimum Gasteiger partial charge on any atom is -0.352 e. The Morgan fingerprint density at radius 1 is 0.977 bits per heavy atom. The number of amides is 2. The second-order valence-electron chi connectivity index (χ2n) is 13.3. The quantitative estimate of drug-likeness (QED) is 0.299. The van der Waals surface area contributed by atoms with Crippen LogP contribution in [-0.2, 0) is 31.6 Å². The summed E-state index contributed by atoms with van der Waals surface area (Å²) in [5.74, 6) is 1.58. The number of sulfonamides is 1. The molecule has 4 saturated carbocycles. The standard InChI is InChI=1S/C33H43Cl2N3O4S/c1-5-21(2)36-32(40)22(3)37(19-26-6-9-28(34)15-30(26)35)31(39)20-38(43(4,41)42)29-10-7-27(8-11-29)33-16-23-12-24(17-33)14-25(13-23)18-33/h6-11,15,21-25H,5,12-14,16-20H2,1-4H3,(H,36,40). The van der Waals surface area contributed by atoms with Crippen molar-refractivity contribution < 1.29 is 18.0 Å². The van der Waals surface area contributed by atoms with E-state index in [2.05, 4.69) is 17.4 Å². The van der Waals surface area contributed by atoms with Gasteiger partial charge in [0.25, 0.3) is 0 Å².